The fourth-order valence-electron chi connectivity index (χ4n) is 1.91. The van der Waals surface area contributed by atoms with E-state index < -0.39 is 0 Å². The molecule has 1 aliphatic heterocycles. The van der Waals surface area contributed by atoms with Gasteiger partial charge in [-0.3, -0.25) is 4.79 Å². The normalized spacial score (nSPS) is 24.9. The van der Waals surface area contributed by atoms with Gasteiger partial charge in [-0.05, 0) is 26.9 Å². The lowest BCUT2D eigenvalue weighted by molar-refractivity contribution is -0.121. The van der Waals surface area contributed by atoms with Crippen molar-refractivity contribution in [2.75, 3.05) is 27.2 Å². The number of likely N-dealkylation sites (tertiary alicyclic amines) is 1. The Kier molecular flexibility index (Phi) is 4.35. The van der Waals surface area contributed by atoms with Gasteiger partial charge in [0.05, 0.1) is 0 Å². The van der Waals surface area contributed by atoms with E-state index in [0.29, 0.717) is 12.5 Å². The molecule has 4 nitrogen and oxygen atoms in total. The summed E-state index contributed by atoms with van der Waals surface area (Å²) in [5, 5.41) is 6.11. The molecule has 1 aliphatic rings. The van der Waals surface area contributed by atoms with E-state index in [2.05, 4.69) is 29.5 Å². The topological polar surface area (TPSA) is 44.4 Å². The maximum absolute atomic E-state index is 11.1. The number of nitrogens with one attached hydrogen (secondary N) is 2. The highest BCUT2D eigenvalue weighted by molar-refractivity contribution is 5.76. The number of rotatable bonds is 4. The van der Waals surface area contributed by atoms with Gasteiger partial charge in [0.25, 0.3) is 0 Å². The molecule has 0 spiro atoms. The summed E-state index contributed by atoms with van der Waals surface area (Å²) in [5.74, 6) is 0.108. The van der Waals surface area contributed by atoms with Crippen LogP contribution in [-0.2, 0) is 4.79 Å². The van der Waals surface area contributed by atoms with Crippen LogP contribution >= 0.6 is 0 Å². The fraction of sp³-hybridized carbons (Fsp3) is 0.900. The Morgan fingerprint density at radius 3 is 2.86 bits per heavy atom. The second kappa shape index (κ2) is 5.32. The van der Waals surface area contributed by atoms with Gasteiger partial charge in [-0.2, -0.15) is 0 Å². The van der Waals surface area contributed by atoms with Crippen LogP contribution in [0.25, 0.3) is 0 Å². The number of amides is 1. The lowest BCUT2D eigenvalue weighted by Crippen LogP contribution is -2.40. The zero-order valence-corrected chi connectivity index (χ0v) is 9.34. The molecule has 82 valence electrons. The molecule has 0 aromatic carbocycles. The van der Waals surface area contributed by atoms with Crippen molar-refractivity contribution < 1.29 is 4.79 Å². The van der Waals surface area contributed by atoms with Crippen LogP contribution in [0.2, 0.25) is 0 Å². The second-order valence-electron chi connectivity index (χ2n) is 4.19. The van der Waals surface area contributed by atoms with Crippen LogP contribution in [0.4, 0.5) is 0 Å². The maximum atomic E-state index is 11.1. The molecule has 2 atom stereocenters. The Bertz CT molecular complexity index is 196. The molecule has 2 unspecified atom stereocenters. The van der Waals surface area contributed by atoms with Gasteiger partial charge in [0.15, 0.2) is 0 Å². The first-order valence-corrected chi connectivity index (χ1v) is 5.27. The Morgan fingerprint density at radius 1 is 1.64 bits per heavy atom. The molecule has 0 bridgehead atoms. The van der Waals surface area contributed by atoms with Crippen LogP contribution in [0.5, 0.6) is 0 Å². The van der Waals surface area contributed by atoms with Crippen molar-refractivity contribution in [1.82, 2.24) is 15.5 Å². The number of hydrogen-bond acceptors (Lipinski definition) is 3. The molecule has 4 heteroatoms. The molecule has 0 aliphatic carbocycles. The summed E-state index contributed by atoms with van der Waals surface area (Å²) in [6, 6.07) is 0.825. The van der Waals surface area contributed by atoms with Crippen LogP contribution in [0.15, 0.2) is 0 Å². The molecule has 14 heavy (non-hydrogen) atoms. The third kappa shape index (κ3) is 3.64. The van der Waals surface area contributed by atoms with E-state index in [9.17, 15) is 4.79 Å². The molecular formula is C10H21N3O. The fourth-order valence-corrected chi connectivity index (χ4v) is 1.91. The van der Waals surface area contributed by atoms with Gasteiger partial charge in [0.2, 0.25) is 5.91 Å². The highest BCUT2D eigenvalue weighted by atomic mass is 16.1. The van der Waals surface area contributed by atoms with Crippen molar-refractivity contribution in [2.24, 2.45) is 0 Å². The molecule has 0 aromatic rings. The molecule has 0 saturated carbocycles. The SMILES string of the molecule is CNC(=O)CC(C)NC1CCN(C)C1. The Labute approximate surface area is 86.0 Å². The summed E-state index contributed by atoms with van der Waals surface area (Å²) in [7, 11) is 3.81. The lowest BCUT2D eigenvalue weighted by Gasteiger charge is -2.18. The van der Waals surface area contributed by atoms with E-state index in [1.807, 2.05) is 0 Å². The van der Waals surface area contributed by atoms with Gasteiger partial charge in [-0.1, -0.05) is 0 Å². The summed E-state index contributed by atoms with van der Waals surface area (Å²) in [6.45, 7) is 4.32. The van der Waals surface area contributed by atoms with Crippen LogP contribution in [0.1, 0.15) is 19.8 Å². The first-order chi connectivity index (χ1) is 6.61. The van der Waals surface area contributed by atoms with Crippen LogP contribution < -0.4 is 10.6 Å². The molecule has 0 aromatic heterocycles. The van der Waals surface area contributed by atoms with Crippen molar-refractivity contribution in [2.45, 2.75) is 31.8 Å². The quantitative estimate of drug-likeness (QED) is 0.659. The largest absolute Gasteiger partial charge is 0.359 e. The highest BCUT2D eigenvalue weighted by Crippen LogP contribution is 2.07. The lowest BCUT2D eigenvalue weighted by atomic mass is 10.1. The Balaban J connectivity index is 2.20. The smallest absolute Gasteiger partial charge is 0.221 e. The molecule has 1 saturated heterocycles. The van der Waals surface area contributed by atoms with Gasteiger partial charge in [-0.15, -0.1) is 0 Å². The van der Waals surface area contributed by atoms with Gasteiger partial charge in [0, 0.05) is 32.1 Å². The minimum Gasteiger partial charge on any atom is -0.359 e. The van der Waals surface area contributed by atoms with E-state index in [-0.39, 0.29) is 11.9 Å². The number of nitrogens with zero attached hydrogens (tertiary/aromatic N) is 1. The standard InChI is InChI=1S/C10H21N3O/c1-8(6-10(14)11-2)12-9-4-5-13(3)7-9/h8-9,12H,4-7H2,1-3H3,(H,11,14). The minimum atomic E-state index is 0.108. The summed E-state index contributed by atoms with van der Waals surface area (Å²) in [5.41, 5.74) is 0. The van der Waals surface area contributed by atoms with Gasteiger partial charge in [-0.25, -0.2) is 0 Å². The van der Waals surface area contributed by atoms with E-state index in [1.165, 1.54) is 6.42 Å². The molecule has 2 N–H and O–H groups in total. The van der Waals surface area contributed by atoms with E-state index in [0.717, 1.165) is 13.1 Å². The molecule has 1 rings (SSSR count). The number of carbonyl (C=O) groups excluding carboxylic acids is 1. The Morgan fingerprint density at radius 2 is 2.36 bits per heavy atom. The second-order valence-corrected chi connectivity index (χ2v) is 4.19. The third-order valence-electron chi connectivity index (χ3n) is 2.68. The third-order valence-corrected chi connectivity index (χ3v) is 2.68. The molecular weight excluding hydrogens is 178 g/mol. The molecule has 1 heterocycles. The highest BCUT2D eigenvalue weighted by Gasteiger charge is 2.21. The maximum Gasteiger partial charge on any atom is 0.221 e. The average Bonchev–Trinajstić information content (AvgIpc) is 2.50. The van der Waals surface area contributed by atoms with Crippen molar-refractivity contribution in [1.29, 1.82) is 0 Å². The van der Waals surface area contributed by atoms with Gasteiger partial charge in [0.1, 0.15) is 0 Å². The van der Waals surface area contributed by atoms with E-state index in [4.69, 9.17) is 0 Å². The minimum absolute atomic E-state index is 0.108. The van der Waals surface area contributed by atoms with Crippen molar-refractivity contribution >= 4 is 5.91 Å². The monoisotopic (exact) mass is 199 g/mol. The number of hydrogen-bond donors (Lipinski definition) is 2. The first kappa shape index (κ1) is 11.5. The van der Waals surface area contributed by atoms with Crippen LogP contribution in [-0.4, -0.2) is 50.1 Å². The summed E-state index contributed by atoms with van der Waals surface area (Å²) in [4.78, 5) is 13.4. The number of carbonyl (C=O) groups is 1. The van der Waals surface area contributed by atoms with Crippen molar-refractivity contribution in [3.8, 4) is 0 Å². The summed E-state index contributed by atoms with van der Waals surface area (Å²) in [6.07, 6.45) is 1.76. The zero-order chi connectivity index (χ0) is 10.6. The first-order valence-electron chi connectivity index (χ1n) is 5.27. The van der Waals surface area contributed by atoms with Crippen LogP contribution in [0, 0.1) is 0 Å². The Hall–Kier alpha value is -0.610. The predicted octanol–water partition coefficient (Wildman–Crippen LogP) is -0.195. The zero-order valence-electron chi connectivity index (χ0n) is 9.34. The summed E-state index contributed by atoms with van der Waals surface area (Å²) >= 11 is 0. The molecule has 1 amide bonds. The van der Waals surface area contributed by atoms with Crippen LogP contribution in [0.3, 0.4) is 0 Å². The predicted molar refractivity (Wildman–Crippen MR) is 57.2 cm³/mol. The van der Waals surface area contributed by atoms with Gasteiger partial charge < -0.3 is 15.5 Å². The van der Waals surface area contributed by atoms with E-state index in [1.54, 1.807) is 7.05 Å². The van der Waals surface area contributed by atoms with Crippen molar-refractivity contribution in [3.63, 3.8) is 0 Å². The molecule has 1 fully saturated rings. The number of likely N-dealkylation sites (N-methyl/N-ethyl adjacent to an activating group) is 1. The van der Waals surface area contributed by atoms with E-state index >= 15 is 0 Å². The van der Waals surface area contributed by atoms with Gasteiger partial charge >= 0.3 is 0 Å². The summed E-state index contributed by atoms with van der Waals surface area (Å²) < 4.78 is 0. The molecule has 0 radical (unpaired) electrons. The van der Waals surface area contributed by atoms with Crippen molar-refractivity contribution in [3.05, 3.63) is 0 Å². The average molecular weight is 199 g/mol.